The summed E-state index contributed by atoms with van der Waals surface area (Å²) in [6.07, 6.45) is 0. The molecule has 0 heterocycles. The minimum absolute atomic E-state index is 0.0196. The predicted molar refractivity (Wildman–Crippen MR) is 99.3 cm³/mol. The van der Waals surface area contributed by atoms with Crippen LogP contribution in [0.25, 0.3) is 10.8 Å². The van der Waals surface area contributed by atoms with Crippen LogP contribution >= 0.6 is 10.2 Å². The normalized spacial score (nSPS) is 14.2. The third-order valence-corrected chi connectivity index (χ3v) is 5.10. The van der Waals surface area contributed by atoms with Crippen LogP contribution in [-0.2, 0) is 6.54 Å². The molecule has 0 saturated heterocycles. The molecule has 150 valence electrons. The third-order valence-electron chi connectivity index (χ3n) is 3.94. The van der Waals surface area contributed by atoms with Crippen LogP contribution in [0.2, 0.25) is 0 Å². The van der Waals surface area contributed by atoms with E-state index in [1.165, 1.54) is 12.1 Å². The first-order valence-electron chi connectivity index (χ1n) is 7.91. The van der Waals surface area contributed by atoms with Crippen LogP contribution < -0.4 is 10.6 Å². The average molecular weight is 418 g/mol. The molecule has 0 aliphatic carbocycles. The van der Waals surface area contributed by atoms with E-state index in [2.05, 4.69) is 10.6 Å². The van der Waals surface area contributed by atoms with Crippen LogP contribution in [-0.4, -0.2) is 11.1 Å². The van der Waals surface area contributed by atoms with Crippen LogP contribution in [0.5, 0.6) is 5.75 Å². The number of halogens is 5. The molecular weight excluding hydrogens is 403 g/mol. The number of phenols is 1. The smallest absolute Gasteiger partial charge is 0.319 e. The summed E-state index contributed by atoms with van der Waals surface area (Å²) in [5, 5.41) is 16.0. The van der Waals surface area contributed by atoms with Crippen molar-refractivity contribution in [2.75, 3.05) is 5.32 Å². The van der Waals surface area contributed by atoms with E-state index >= 15 is 0 Å². The van der Waals surface area contributed by atoms with Gasteiger partial charge in [0.25, 0.3) is 0 Å². The van der Waals surface area contributed by atoms with Crippen LogP contribution in [0.4, 0.5) is 29.9 Å². The van der Waals surface area contributed by atoms with Gasteiger partial charge in [0.2, 0.25) is 0 Å². The Bertz CT molecular complexity index is 1050. The summed E-state index contributed by atoms with van der Waals surface area (Å²) in [5.74, 6) is 0.0196. The second-order valence-corrected chi connectivity index (χ2v) is 8.54. The fourth-order valence-electron chi connectivity index (χ4n) is 2.58. The van der Waals surface area contributed by atoms with Crippen molar-refractivity contribution in [3.63, 3.8) is 0 Å². The summed E-state index contributed by atoms with van der Waals surface area (Å²) in [6, 6.07) is 11.5. The lowest BCUT2D eigenvalue weighted by molar-refractivity contribution is 0.251. The monoisotopic (exact) mass is 418 g/mol. The van der Waals surface area contributed by atoms with Crippen molar-refractivity contribution in [1.29, 1.82) is 0 Å². The van der Waals surface area contributed by atoms with E-state index in [1.807, 2.05) is 0 Å². The zero-order chi connectivity index (χ0) is 20.6. The summed E-state index contributed by atoms with van der Waals surface area (Å²) in [5.41, 5.74) is 0.637. The Hall–Kier alpha value is -3.01. The lowest BCUT2D eigenvalue weighted by Gasteiger charge is -2.40. The SMILES string of the molecule is O=C(NCc1ccc(S(F)(F)(F)(F)F)cc1)Nc1cccc2ccc(O)cc12. The van der Waals surface area contributed by atoms with Crippen LogP contribution in [0, 0.1) is 0 Å². The number of carbonyl (C=O) groups is 1. The first kappa shape index (κ1) is 19.7. The van der Waals surface area contributed by atoms with E-state index < -0.39 is 21.2 Å². The molecule has 28 heavy (non-hydrogen) atoms. The molecule has 3 aromatic rings. The molecule has 0 aliphatic heterocycles. The molecule has 0 radical (unpaired) electrons. The second-order valence-electron chi connectivity index (χ2n) is 6.13. The molecule has 2 amide bonds. The van der Waals surface area contributed by atoms with Crippen molar-refractivity contribution < 1.29 is 29.3 Å². The van der Waals surface area contributed by atoms with E-state index in [4.69, 9.17) is 0 Å². The molecule has 0 spiro atoms. The highest BCUT2D eigenvalue weighted by atomic mass is 32.5. The minimum atomic E-state index is -9.71. The molecule has 3 N–H and O–H groups in total. The number of hydrogen-bond acceptors (Lipinski definition) is 2. The number of urea groups is 1. The van der Waals surface area contributed by atoms with Gasteiger partial charge in [0.15, 0.2) is 0 Å². The van der Waals surface area contributed by atoms with Gasteiger partial charge < -0.3 is 15.7 Å². The number of amides is 2. The fourth-order valence-corrected chi connectivity index (χ4v) is 3.23. The van der Waals surface area contributed by atoms with Gasteiger partial charge in [-0.1, -0.05) is 49.8 Å². The Morgan fingerprint density at radius 2 is 1.61 bits per heavy atom. The molecule has 0 saturated carbocycles. The van der Waals surface area contributed by atoms with Crippen molar-refractivity contribution >= 4 is 32.7 Å². The number of phenolic OH excluding ortho intramolecular Hbond substituents is 1. The zero-order valence-electron chi connectivity index (χ0n) is 14.1. The number of nitrogens with one attached hydrogen (secondary N) is 2. The maximum atomic E-state index is 12.7. The molecule has 3 aromatic carbocycles. The second kappa shape index (κ2) is 5.99. The van der Waals surface area contributed by atoms with Crippen LogP contribution in [0.15, 0.2) is 65.6 Å². The Morgan fingerprint density at radius 1 is 0.929 bits per heavy atom. The number of carbonyl (C=O) groups excluding carboxylic acids is 1. The summed E-state index contributed by atoms with van der Waals surface area (Å²) in [6.45, 7) is -0.164. The summed E-state index contributed by atoms with van der Waals surface area (Å²) in [4.78, 5) is 10.1. The molecule has 10 heteroatoms. The third kappa shape index (κ3) is 4.63. The number of hydrogen-bond donors (Lipinski definition) is 3. The Balaban J connectivity index is 1.68. The van der Waals surface area contributed by atoms with Crippen molar-refractivity contribution in [1.82, 2.24) is 5.32 Å². The lowest BCUT2D eigenvalue weighted by atomic mass is 10.1. The molecule has 0 aliphatic rings. The van der Waals surface area contributed by atoms with Gasteiger partial charge in [0, 0.05) is 11.9 Å². The Morgan fingerprint density at radius 3 is 2.25 bits per heavy atom. The maximum absolute atomic E-state index is 12.7. The van der Waals surface area contributed by atoms with Gasteiger partial charge in [-0.25, -0.2) is 4.79 Å². The van der Waals surface area contributed by atoms with Crippen LogP contribution in [0.3, 0.4) is 0 Å². The zero-order valence-corrected chi connectivity index (χ0v) is 15.0. The van der Waals surface area contributed by atoms with Crippen molar-refractivity contribution in [3.05, 3.63) is 66.2 Å². The molecular formula is C18H15F5N2O2S. The first-order chi connectivity index (χ1) is 12.8. The molecule has 0 unspecified atom stereocenters. The molecule has 0 atom stereocenters. The number of rotatable bonds is 4. The highest BCUT2D eigenvalue weighted by molar-refractivity contribution is 8.45. The van der Waals surface area contributed by atoms with E-state index in [0.717, 1.165) is 17.5 Å². The topological polar surface area (TPSA) is 61.4 Å². The summed E-state index contributed by atoms with van der Waals surface area (Å²) >= 11 is 0. The lowest BCUT2D eigenvalue weighted by Crippen LogP contribution is -2.28. The van der Waals surface area contributed by atoms with Crippen molar-refractivity contribution in [2.24, 2.45) is 0 Å². The molecule has 0 bridgehead atoms. The maximum Gasteiger partial charge on any atom is 0.319 e. The van der Waals surface area contributed by atoms with E-state index in [-0.39, 0.29) is 17.9 Å². The number of anilines is 1. The molecule has 3 rings (SSSR count). The van der Waals surface area contributed by atoms with Gasteiger partial charge in [-0.05, 0) is 41.3 Å². The van der Waals surface area contributed by atoms with Crippen molar-refractivity contribution in [3.8, 4) is 5.75 Å². The van der Waals surface area contributed by atoms with Gasteiger partial charge in [-0.3, -0.25) is 0 Å². The Labute approximate surface area is 156 Å². The molecule has 0 fully saturated rings. The average Bonchev–Trinajstić information content (AvgIpc) is 2.59. The minimum Gasteiger partial charge on any atom is -0.508 e. The van der Waals surface area contributed by atoms with Gasteiger partial charge in [0.1, 0.15) is 10.6 Å². The van der Waals surface area contributed by atoms with E-state index in [1.54, 1.807) is 24.3 Å². The van der Waals surface area contributed by atoms with Gasteiger partial charge in [-0.15, -0.1) is 0 Å². The number of benzene rings is 3. The molecule has 0 aromatic heterocycles. The summed E-state index contributed by atoms with van der Waals surface area (Å²) < 4.78 is 63.5. The number of aromatic hydroxyl groups is 1. The Kier molecular flexibility index (Phi) is 4.23. The van der Waals surface area contributed by atoms with Crippen molar-refractivity contribution in [2.45, 2.75) is 11.4 Å². The predicted octanol–water partition coefficient (Wildman–Crippen LogP) is 6.52. The highest BCUT2D eigenvalue weighted by Gasteiger charge is 2.65. The van der Waals surface area contributed by atoms with Crippen LogP contribution in [0.1, 0.15) is 5.56 Å². The van der Waals surface area contributed by atoms with E-state index in [0.29, 0.717) is 23.2 Å². The molecule has 4 nitrogen and oxygen atoms in total. The number of fused-ring (bicyclic) bond motifs is 1. The van der Waals surface area contributed by atoms with Gasteiger partial charge >= 0.3 is 16.3 Å². The quantitative estimate of drug-likeness (QED) is 0.422. The fraction of sp³-hybridized carbons (Fsp3) is 0.0556. The summed E-state index contributed by atoms with van der Waals surface area (Å²) in [7, 11) is -9.71. The van der Waals surface area contributed by atoms with E-state index in [9.17, 15) is 29.3 Å². The largest absolute Gasteiger partial charge is 0.508 e. The van der Waals surface area contributed by atoms with Gasteiger partial charge in [0.05, 0.1) is 5.69 Å². The first-order valence-corrected chi connectivity index (χ1v) is 9.87. The standard InChI is InChI=1S/C18H15F5N2O2S/c19-28(20,21,22,23)15-8-4-12(5-9-15)11-24-18(27)25-17-3-1-2-13-6-7-14(26)10-16(13)17/h1-10,26H,11H2,(H2,24,25,27). The highest BCUT2D eigenvalue weighted by Crippen LogP contribution is 3.02. The van der Waals surface area contributed by atoms with Gasteiger partial charge in [-0.2, -0.15) is 0 Å².